The van der Waals surface area contributed by atoms with Gasteiger partial charge in [-0.25, -0.2) is 9.82 Å². The van der Waals surface area contributed by atoms with Crippen molar-refractivity contribution in [2.24, 2.45) is 0 Å². The summed E-state index contributed by atoms with van der Waals surface area (Å²) in [7, 11) is 1.90. The molecule has 1 N–H and O–H groups in total. The lowest BCUT2D eigenvalue weighted by atomic mass is 10.1. The summed E-state index contributed by atoms with van der Waals surface area (Å²) in [5.41, 5.74) is 4.90. The van der Waals surface area contributed by atoms with Crippen molar-refractivity contribution >= 4 is 5.69 Å². The molecule has 12 heavy (non-hydrogen) atoms. The molecular formula is C9H11FN2. The minimum Gasteiger partial charge on any atom is -0.311 e. The van der Waals surface area contributed by atoms with E-state index < -0.39 is 0 Å². The molecule has 1 aliphatic heterocycles. The van der Waals surface area contributed by atoms with E-state index in [1.54, 1.807) is 6.07 Å². The third kappa shape index (κ3) is 1.06. The van der Waals surface area contributed by atoms with Crippen LogP contribution in [0.5, 0.6) is 0 Å². The Morgan fingerprint density at radius 3 is 3.08 bits per heavy atom. The van der Waals surface area contributed by atoms with Crippen molar-refractivity contribution in [2.75, 3.05) is 18.6 Å². The molecule has 64 valence electrons. The zero-order valence-corrected chi connectivity index (χ0v) is 6.97. The fourth-order valence-corrected chi connectivity index (χ4v) is 1.54. The van der Waals surface area contributed by atoms with Gasteiger partial charge in [-0.1, -0.05) is 6.07 Å². The van der Waals surface area contributed by atoms with E-state index in [-0.39, 0.29) is 5.82 Å². The predicted molar refractivity (Wildman–Crippen MR) is 46.5 cm³/mol. The van der Waals surface area contributed by atoms with E-state index in [4.69, 9.17) is 0 Å². The standard InChI is InChI=1S/C9H11FN2/c1-12-9-4-2-3-8(10)7(9)5-6-11-12/h2-4,11H,5-6H2,1H3. The molecular weight excluding hydrogens is 155 g/mol. The number of halogens is 1. The van der Waals surface area contributed by atoms with E-state index in [1.807, 2.05) is 18.1 Å². The number of anilines is 1. The van der Waals surface area contributed by atoms with Gasteiger partial charge < -0.3 is 5.01 Å². The van der Waals surface area contributed by atoms with Gasteiger partial charge in [0.1, 0.15) is 5.82 Å². The van der Waals surface area contributed by atoms with Crippen LogP contribution in [-0.2, 0) is 6.42 Å². The van der Waals surface area contributed by atoms with Gasteiger partial charge in [0.05, 0.1) is 5.69 Å². The molecule has 0 aromatic heterocycles. The first kappa shape index (κ1) is 7.55. The number of hydrogen-bond acceptors (Lipinski definition) is 2. The topological polar surface area (TPSA) is 15.3 Å². The summed E-state index contributed by atoms with van der Waals surface area (Å²) in [6, 6.07) is 5.17. The van der Waals surface area contributed by atoms with Crippen LogP contribution in [0, 0.1) is 5.82 Å². The molecule has 0 unspecified atom stereocenters. The second-order valence-electron chi connectivity index (χ2n) is 2.95. The highest BCUT2D eigenvalue weighted by molar-refractivity contribution is 5.54. The van der Waals surface area contributed by atoms with Gasteiger partial charge in [0.25, 0.3) is 0 Å². The number of hydrogen-bond donors (Lipinski definition) is 1. The Labute approximate surface area is 71.0 Å². The monoisotopic (exact) mass is 166 g/mol. The maximum Gasteiger partial charge on any atom is 0.128 e. The minimum absolute atomic E-state index is 0.0964. The molecule has 0 saturated carbocycles. The van der Waals surface area contributed by atoms with Crippen molar-refractivity contribution < 1.29 is 4.39 Å². The quantitative estimate of drug-likeness (QED) is 0.625. The molecule has 0 amide bonds. The van der Waals surface area contributed by atoms with E-state index in [0.29, 0.717) is 0 Å². The second-order valence-corrected chi connectivity index (χ2v) is 2.95. The SMILES string of the molecule is CN1NCCc2c(F)cccc21. The van der Waals surface area contributed by atoms with Crippen molar-refractivity contribution in [3.05, 3.63) is 29.6 Å². The summed E-state index contributed by atoms with van der Waals surface area (Å²) in [5, 5.41) is 1.86. The molecule has 0 aliphatic carbocycles. The molecule has 1 aromatic carbocycles. The van der Waals surface area contributed by atoms with Crippen LogP contribution in [0.1, 0.15) is 5.56 Å². The fourth-order valence-electron chi connectivity index (χ4n) is 1.54. The van der Waals surface area contributed by atoms with Crippen LogP contribution in [0.4, 0.5) is 10.1 Å². The molecule has 3 heteroatoms. The summed E-state index contributed by atoms with van der Waals surface area (Å²) >= 11 is 0. The molecule has 2 rings (SSSR count). The fraction of sp³-hybridized carbons (Fsp3) is 0.333. The Hall–Kier alpha value is -1.09. The van der Waals surface area contributed by atoms with Crippen LogP contribution >= 0.6 is 0 Å². The highest BCUT2D eigenvalue weighted by Gasteiger charge is 2.15. The van der Waals surface area contributed by atoms with E-state index in [0.717, 1.165) is 24.2 Å². The van der Waals surface area contributed by atoms with Gasteiger partial charge in [-0.05, 0) is 18.6 Å². The average Bonchev–Trinajstić information content (AvgIpc) is 2.07. The van der Waals surface area contributed by atoms with Crippen molar-refractivity contribution in [1.82, 2.24) is 5.43 Å². The molecule has 0 spiro atoms. The van der Waals surface area contributed by atoms with Gasteiger partial charge in [-0.2, -0.15) is 0 Å². The smallest absolute Gasteiger partial charge is 0.128 e. The number of fused-ring (bicyclic) bond motifs is 1. The summed E-state index contributed by atoms with van der Waals surface area (Å²) in [4.78, 5) is 0. The first-order valence-corrected chi connectivity index (χ1v) is 4.03. The van der Waals surface area contributed by atoms with Crippen LogP contribution in [0.2, 0.25) is 0 Å². The van der Waals surface area contributed by atoms with Crippen LogP contribution in [0.15, 0.2) is 18.2 Å². The Balaban J connectivity index is 2.52. The maximum absolute atomic E-state index is 13.2. The van der Waals surface area contributed by atoms with Gasteiger partial charge in [-0.15, -0.1) is 0 Å². The summed E-state index contributed by atoms with van der Waals surface area (Å²) in [5.74, 6) is -0.0964. The minimum atomic E-state index is -0.0964. The number of rotatable bonds is 0. The van der Waals surface area contributed by atoms with Crippen LogP contribution in [0.25, 0.3) is 0 Å². The number of nitrogens with zero attached hydrogens (tertiary/aromatic N) is 1. The van der Waals surface area contributed by atoms with Crippen molar-refractivity contribution in [2.45, 2.75) is 6.42 Å². The molecule has 0 atom stereocenters. The molecule has 1 aliphatic rings. The molecule has 0 fully saturated rings. The maximum atomic E-state index is 13.2. The largest absolute Gasteiger partial charge is 0.311 e. The highest BCUT2D eigenvalue weighted by atomic mass is 19.1. The Morgan fingerprint density at radius 1 is 1.50 bits per heavy atom. The number of benzene rings is 1. The Bertz CT molecular complexity index is 299. The zero-order chi connectivity index (χ0) is 8.55. The molecule has 0 radical (unpaired) electrons. The van der Waals surface area contributed by atoms with Crippen molar-refractivity contribution in [3.8, 4) is 0 Å². The van der Waals surface area contributed by atoms with E-state index in [1.165, 1.54) is 6.07 Å². The highest BCUT2D eigenvalue weighted by Crippen LogP contribution is 2.23. The van der Waals surface area contributed by atoms with Gasteiger partial charge in [0.15, 0.2) is 0 Å². The second kappa shape index (κ2) is 2.75. The lowest BCUT2D eigenvalue weighted by Crippen LogP contribution is -2.40. The van der Waals surface area contributed by atoms with Crippen LogP contribution in [-0.4, -0.2) is 13.6 Å². The lowest BCUT2D eigenvalue weighted by Gasteiger charge is -2.28. The predicted octanol–water partition coefficient (Wildman–Crippen LogP) is 1.32. The summed E-state index contributed by atoms with van der Waals surface area (Å²) < 4.78 is 13.2. The van der Waals surface area contributed by atoms with E-state index in [9.17, 15) is 4.39 Å². The van der Waals surface area contributed by atoms with Crippen LogP contribution < -0.4 is 10.4 Å². The molecule has 2 nitrogen and oxygen atoms in total. The summed E-state index contributed by atoms with van der Waals surface area (Å²) in [6.07, 6.45) is 0.770. The molecule has 0 bridgehead atoms. The number of nitrogens with one attached hydrogen (secondary N) is 1. The number of hydrazine groups is 1. The van der Waals surface area contributed by atoms with Gasteiger partial charge in [0.2, 0.25) is 0 Å². The Morgan fingerprint density at radius 2 is 2.33 bits per heavy atom. The molecule has 0 saturated heterocycles. The Kier molecular flexibility index (Phi) is 1.73. The normalized spacial score (nSPS) is 16.0. The van der Waals surface area contributed by atoms with Crippen molar-refractivity contribution in [1.29, 1.82) is 0 Å². The van der Waals surface area contributed by atoms with E-state index >= 15 is 0 Å². The summed E-state index contributed by atoms with van der Waals surface area (Å²) in [6.45, 7) is 0.810. The van der Waals surface area contributed by atoms with Gasteiger partial charge in [-0.3, -0.25) is 0 Å². The average molecular weight is 166 g/mol. The third-order valence-electron chi connectivity index (χ3n) is 2.18. The van der Waals surface area contributed by atoms with Gasteiger partial charge in [0, 0.05) is 19.2 Å². The van der Waals surface area contributed by atoms with E-state index in [2.05, 4.69) is 5.43 Å². The van der Waals surface area contributed by atoms with Crippen LogP contribution in [0.3, 0.4) is 0 Å². The zero-order valence-electron chi connectivity index (χ0n) is 6.97. The van der Waals surface area contributed by atoms with Crippen molar-refractivity contribution in [3.63, 3.8) is 0 Å². The van der Waals surface area contributed by atoms with Gasteiger partial charge >= 0.3 is 0 Å². The first-order chi connectivity index (χ1) is 5.79. The lowest BCUT2D eigenvalue weighted by molar-refractivity contribution is 0.574. The third-order valence-corrected chi connectivity index (χ3v) is 2.18. The first-order valence-electron chi connectivity index (χ1n) is 4.03. The molecule has 1 aromatic rings. The molecule has 1 heterocycles.